The standard InChI is InChI=1S/C38H45N5O10S/c1-4-23-20-38(23,36(46)41-54(49,50)26-13-14-26)39-34(44)31-19-25(53-40-32-29-11-7-5-9-27(29)28-10-6-8-12-30(28)32)21-42(31)35(45)33(22(2)3)43(48)37(47)52-24-15-17-51-18-16-24/h4-12,22-26,31,33,48H,1,13-21H2,2-3H3,(H,39,44)(H,41,46)/t23-,25-,31+,33-,38+/m1/s1. The van der Waals surface area contributed by atoms with Crippen LogP contribution in [0.2, 0.25) is 0 Å². The van der Waals surface area contributed by atoms with Crippen LogP contribution in [0.5, 0.6) is 0 Å². The van der Waals surface area contributed by atoms with Gasteiger partial charge in [-0.2, -0.15) is 5.06 Å². The Labute approximate surface area is 313 Å². The number of nitrogens with one attached hydrogen (secondary N) is 2. The van der Waals surface area contributed by atoms with Crippen LogP contribution in [-0.4, -0.2) is 108 Å². The minimum absolute atomic E-state index is 0.0583. The Morgan fingerprint density at radius 2 is 1.61 bits per heavy atom. The normalized spacial score (nSPS) is 25.2. The second-order valence-electron chi connectivity index (χ2n) is 14.9. The molecular weight excluding hydrogens is 719 g/mol. The fourth-order valence-electron chi connectivity index (χ4n) is 7.55. The summed E-state index contributed by atoms with van der Waals surface area (Å²) in [5, 5.41) is 18.0. The lowest BCUT2D eigenvalue weighted by molar-refractivity contribution is -0.165. The molecule has 2 saturated heterocycles. The lowest BCUT2D eigenvalue weighted by Gasteiger charge is -2.34. The zero-order chi connectivity index (χ0) is 38.4. The lowest BCUT2D eigenvalue weighted by Crippen LogP contribution is -2.59. The third kappa shape index (κ3) is 7.21. The zero-order valence-electron chi connectivity index (χ0n) is 30.2. The van der Waals surface area contributed by atoms with Crippen molar-refractivity contribution in [2.24, 2.45) is 17.0 Å². The topological polar surface area (TPSA) is 193 Å². The van der Waals surface area contributed by atoms with Crippen LogP contribution >= 0.6 is 0 Å². The first-order valence-electron chi connectivity index (χ1n) is 18.3. The van der Waals surface area contributed by atoms with E-state index in [-0.39, 0.29) is 24.4 Å². The van der Waals surface area contributed by atoms with E-state index in [2.05, 4.69) is 21.8 Å². The number of hydroxylamine groups is 2. The third-order valence-electron chi connectivity index (χ3n) is 10.8. The number of hydrogen-bond acceptors (Lipinski definition) is 11. The monoisotopic (exact) mass is 763 g/mol. The third-order valence-corrected chi connectivity index (χ3v) is 12.6. The highest BCUT2D eigenvalue weighted by Gasteiger charge is 2.62. The van der Waals surface area contributed by atoms with Crippen LogP contribution in [0.3, 0.4) is 0 Å². The van der Waals surface area contributed by atoms with Gasteiger partial charge in [0, 0.05) is 36.3 Å². The Morgan fingerprint density at radius 1 is 1.00 bits per heavy atom. The predicted molar refractivity (Wildman–Crippen MR) is 194 cm³/mol. The number of nitrogens with zero attached hydrogens (tertiary/aromatic N) is 3. The van der Waals surface area contributed by atoms with E-state index in [1.165, 1.54) is 11.0 Å². The van der Waals surface area contributed by atoms with Crippen LogP contribution in [0.4, 0.5) is 4.79 Å². The van der Waals surface area contributed by atoms with Crippen molar-refractivity contribution in [1.82, 2.24) is 20.0 Å². The van der Waals surface area contributed by atoms with E-state index in [4.69, 9.17) is 14.3 Å². The summed E-state index contributed by atoms with van der Waals surface area (Å²) in [7, 11) is -3.92. The summed E-state index contributed by atoms with van der Waals surface area (Å²) in [5.74, 6) is -3.55. The SMILES string of the molecule is C=C[C@@H]1C[C@@]1(NC(=O)[C@@H]1C[C@@H](ON=C2c3ccccc3-c3ccccc32)CN1C(=O)[C@@H](C(C)C)N(O)C(=O)OC1CCOCC1)C(=O)NS(=O)(=O)C1CC1. The fourth-order valence-corrected chi connectivity index (χ4v) is 8.91. The van der Waals surface area contributed by atoms with Crippen LogP contribution < -0.4 is 10.0 Å². The van der Waals surface area contributed by atoms with Gasteiger partial charge in [-0.3, -0.25) is 24.3 Å². The molecular formula is C38H45N5O10S. The van der Waals surface area contributed by atoms with Gasteiger partial charge in [0.2, 0.25) is 21.8 Å². The van der Waals surface area contributed by atoms with Crippen LogP contribution in [0, 0.1) is 11.8 Å². The number of ether oxygens (including phenoxy) is 2. The van der Waals surface area contributed by atoms with E-state index >= 15 is 0 Å². The molecule has 0 bridgehead atoms. The molecule has 288 valence electrons. The molecule has 16 heteroatoms. The molecule has 2 aromatic rings. The number of carbonyl (C=O) groups is 4. The Morgan fingerprint density at radius 3 is 2.17 bits per heavy atom. The van der Waals surface area contributed by atoms with Crippen molar-refractivity contribution in [1.29, 1.82) is 0 Å². The summed E-state index contributed by atoms with van der Waals surface area (Å²) in [6, 6.07) is 12.8. The highest BCUT2D eigenvalue weighted by atomic mass is 32.2. The summed E-state index contributed by atoms with van der Waals surface area (Å²) in [4.78, 5) is 62.6. The summed E-state index contributed by atoms with van der Waals surface area (Å²) >= 11 is 0. The second kappa shape index (κ2) is 14.8. The van der Waals surface area contributed by atoms with Gasteiger partial charge in [0.05, 0.1) is 25.0 Å². The Balaban J connectivity index is 1.15. The fraction of sp³-hybridized carbons (Fsp3) is 0.500. The predicted octanol–water partition coefficient (Wildman–Crippen LogP) is 3.11. The molecule has 5 aliphatic rings. The number of fused-ring (bicyclic) bond motifs is 3. The molecule has 0 radical (unpaired) electrons. The Hall–Kier alpha value is -4.80. The number of amides is 4. The van der Waals surface area contributed by atoms with Crippen LogP contribution in [0.15, 0.2) is 66.3 Å². The summed E-state index contributed by atoms with van der Waals surface area (Å²) in [5.41, 5.74) is 2.68. The highest BCUT2D eigenvalue weighted by Crippen LogP contribution is 2.45. The quantitative estimate of drug-likeness (QED) is 0.140. The zero-order valence-corrected chi connectivity index (χ0v) is 31.0. The van der Waals surface area contributed by atoms with Crippen molar-refractivity contribution in [3.05, 3.63) is 72.3 Å². The van der Waals surface area contributed by atoms with Gasteiger partial charge in [-0.05, 0) is 36.3 Å². The first kappa shape index (κ1) is 37.5. The molecule has 5 atom stereocenters. The molecule has 4 fully saturated rings. The van der Waals surface area contributed by atoms with Gasteiger partial charge in [-0.1, -0.05) is 73.6 Å². The van der Waals surface area contributed by atoms with E-state index in [0.717, 1.165) is 22.3 Å². The van der Waals surface area contributed by atoms with Crippen LogP contribution in [0.1, 0.15) is 63.5 Å². The van der Waals surface area contributed by atoms with E-state index in [9.17, 15) is 32.8 Å². The highest BCUT2D eigenvalue weighted by molar-refractivity contribution is 7.91. The van der Waals surface area contributed by atoms with Gasteiger partial charge in [0.15, 0.2) is 0 Å². The van der Waals surface area contributed by atoms with Crippen molar-refractivity contribution >= 4 is 39.5 Å². The molecule has 2 saturated carbocycles. The van der Waals surface area contributed by atoms with E-state index in [1.54, 1.807) is 13.8 Å². The lowest BCUT2D eigenvalue weighted by atomic mass is 10.0. The molecule has 15 nitrogen and oxygen atoms in total. The van der Waals surface area contributed by atoms with Crippen LogP contribution in [-0.2, 0) is 38.7 Å². The molecule has 54 heavy (non-hydrogen) atoms. The average molecular weight is 764 g/mol. The average Bonchev–Trinajstić information content (AvgIpc) is 4.07. The largest absolute Gasteiger partial charge is 0.444 e. The van der Waals surface area contributed by atoms with Gasteiger partial charge in [0.25, 0.3) is 5.91 Å². The molecule has 0 spiro atoms. The summed E-state index contributed by atoms with van der Waals surface area (Å²) < 4.78 is 38.3. The molecule has 3 aliphatic carbocycles. The number of sulfonamides is 1. The molecule has 2 heterocycles. The van der Waals surface area contributed by atoms with Crippen molar-refractivity contribution in [2.45, 2.75) is 87.5 Å². The molecule has 0 unspecified atom stereocenters. The number of carbonyl (C=O) groups excluding carboxylic acids is 4. The number of rotatable bonds is 12. The van der Waals surface area contributed by atoms with Gasteiger partial charge >= 0.3 is 6.09 Å². The molecule has 0 aromatic heterocycles. The van der Waals surface area contributed by atoms with Gasteiger partial charge < -0.3 is 24.5 Å². The van der Waals surface area contributed by atoms with Crippen molar-refractivity contribution < 1.29 is 47.1 Å². The van der Waals surface area contributed by atoms with E-state index < -0.39 is 80.8 Å². The molecule has 2 aliphatic heterocycles. The van der Waals surface area contributed by atoms with Crippen LogP contribution in [0.25, 0.3) is 11.1 Å². The summed E-state index contributed by atoms with van der Waals surface area (Å²) in [6.45, 7) is 7.68. The number of likely N-dealkylation sites (tertiary alicyclic amines) is 1. The van der Waals surface area contributed by atoms with Crippen molar-refractivity contribution in [2.75, 3.05) is 19.8 Å². The molecule has 2 aromatic carbocycles. The van der Waals surface area contributed by atoms with E-state index in [1.807, 2.05) is 48.5 Å². The van der Waals surface area contributed by atoms with Crippen molar-refractivity contribution in [3.63, 3.8) is 0 Å². The maximum absolute atomic E-state index is 14.4. The van der Waals surface area contributed by atoms with Gasteiger partial charge in [-0.15, -0.1) is 6.58 Å². The number of benzene rings is 2. The maximum Gasteiger partial charge on any atom is 0.434 e. The van der Waals surface area contributed by atoms with E-state index in [0.29, 0.717) is 44.6 Å². The minimum Gasteiger partial charge on any atom is -0.444 e. The maximum atomic E-state index is 14.4. The Bertz CT molecular complexity index is 1930. The summed E-state index contributed by atoms with van der Waals surface area (Å²) in [6.07, 6.45) is 0.859. The second-order valence-corrected chi connectivity index (χ2v) is 16.9. The first-order valence-corrected chi connectivity index (χ1v) is 19.9. The number of oxime groups is 1. The molecule has 4 amide bonds. The van der Waals surface area contributed by atoms with Crippen molar-refractivity contribution in [3.8, 4) is 11.1 Å². The molecule has 7 rings (SSSR count). The minimum atomic E-state index is -3.92. The smallest absolute Gasteiger partial charge is 0.434 e. The molecule has 3 N–H and O–H groups in total. The first-order chi connectivity index (χ1) is 25.8. The Kier molecular flexibility index (Phi) is 10.3. The van der Waals surface area contributed by atoms with Gasteiger partial charge in [0.1, 0.15) is 35.5 Å². The van der Waals surface area contributed by atoms with Gasteiger partial charge in [-0.25, -0.2) is 13.2 Å². The number of hydrogen-bond donors (Lipinski definition) is 3.